The molecule has 3 heterocycles. The summed E-state index contributed by atoms with van der Waals surface area (Å²) >= 11 is 3.04. The number of nitrogens with one attached hydrogen (secondary N) is 1. The number of amides is 1. The highest BCUT2D eigenvalue weighted by Gasteiger charge is 2.29. The van der Waals surface area contributed by atoms with E-state index in [1.54, 1.807) is 11.3 Å². The topological polar surface area (TPSA) is 61.9 Å². The van der Waals surface area contributed by atoms with E-state index in [0.29, 0.717) is 5.16 Å². The molecule has 134 valence electrons. The van der Waals surface area contributed by atoms with Crippen LogP contribution in [0, 0.1) is 0 Å². The highest BCUT2D eigenvalue weighted by Crippen LogP contribution is 2.36. The van der Waals surface area contributed by atoms with E-state index in [1.165, 1.54) is 18.2 Å². The van der Waals surface area contributed by atoms with Crippen LogP contribution in [0.3, 0.4) is 0 Å². The van der Waals surface area contributed by atoms with Gasteiger partial charge in [-0.25, -0.2) is 4.98 Å². The summed E-state index contributed by atoms with van der Waals surface area (Å²) in [5.74, 6) is 0.906. The molecule has 5 nitrogen and oxygen atoms in total. The first kappa shape index (κ1) is 17.3. The molecule has 0 radical (unpaired) electrons. The lowest BCUT2D eigenvalue weighted by atomic mass is 10.1. The molecular weight excluding hydrogens is 364 g/mol. The van der Waals surface area contributed by atoms with Gasteiger partial charge in [-0.2, -0.15) is 0 Å². The van der Waals surface area contributed by atoms with Gasteiger partial charge in [0.1, 0.15) is 5.25 Å². The number of carbonyl (C=O) groups is 1. The normalized spacial score (nSPS) is 15.8. The first-order valence-electron chi connectivity index (χ1n) is 8.78. The number of hydrogen-bond donors (Lipinski definition) is 1. The Morgan fingerprint density at radius 1 is 1.12 bits per heavy atom. The van der Waals surface area contributed by atoms with Crippen LogP contribution in [0.4, 0.5) is 0 Å². The predicted molar refractivity (Wildman–Crippen MR) is 105 cm³/mol. The molecule has 0 spiro atoms. The van der Waals surface area contributed by atoms with Crippen molar-refractivity contribution in [2.75, 3.05) is 13.1 Å². The van der Waals surface area contributed by atoms with Crippen molar-refractivity contribution in [2.24, 2.45) is 0 Å². The van der Waals surface area contributed by atoms with Gasteiger partial charge in [-0.1, -0.05) is 48.2 Å². The first-order chi connectivity index (χ1) is 12.8. The molecule has 0 aliphatic carbocycles. The van der Waals surface area contributed by atoms with Gasteiger partial charge in [-0.05, 0) is 36.3 Å². The number of rotatable bonds is 5. The van der Waals surface area contributed by atoms with E-state index >= 15 is 0 Å². The van der Waals surface area contributed by atoms with E-state index in [-0.39, 0.29) is 11.2 Å². The van der Waals surface area contributed by atoms with Gasteiger partial charge >= 0.3 is 0 Å². The van der Waals surface area contributed by atoms with Gasteiger partial charge in [-0.3, -0.25) is 9.89 Å². The van der Waals surface area contributed by atoms with Crippen LogP contribution in [-0.4, -0.2) is 39.1 Å². The van der Waals surface area contributed by atoms with Crippen molar-refractivity contribution >= 4 is 29.0 Å². The lowest BCUT2D eigenvalue weighted by Crippen LogP contribution is -2.38. The summed E-state index contributed by atoms with van der Waals surface area (Å²) in [7, 11) is 0. The van der Waals surface area contributed by atoms with Gasteiger partial charge in [0, 0.05) is 13.1 Å². The molecule has 26 heavy (non-hydrogen) atoms. The molecular formula is C19H20N4OS2. The zero-order valence-electron chi connectivity index (χ0n) is 14.3. The zero-order valence-corrected chi connectivity index (χ0v) is 15.9. The predicted octanol–water partition coefficient (Wildman–Crippen LogP) is 4.38. The van der Waals surface area contributed by atoms with Crippen LogP contribution in [0.1, 0.15) is 30.1 Å². The van der Waals surface area contributed by atoms with Crippen molar-refractivity contribution in [3.63, 3.8) is 0 Å². The van der Waals surface area contributed by atoms with E-state index in [4.69, 9.17) is 0 Å². The summed E-state index contributed by atoms with van der Waals surface area (Å²) in [5.41, 5.74) is 0.996. The number of thiophene rings is 1. The van der Waals surface area contributed by atoms with Crippen molar-refractivity contribution in [3.05, 3.63) is 53.4 Å². The monoisotopic (exact) mass is 384 g/mol. The van der Waals surface area contributed by atoms with E-state index in [1.807, 2.05) is 52.7 Å². The molecule has 2 aromatic heterocycles. The molecule has 1 amide bonds. The molecule has 3 aromatic rings. The fraction of sp³-hybridized carbons (Fsp3) is 0.316. The van der Waals surface area contributed by atoms with E-state index in [9.17, 15) is 4.79 Å². The second-order valence-electron chi connectivity index (χ2n) is 6.24. The first-order valence-corrected chi connectivity index (χ1v) is 10.5. The number of piperidine rings is 1. The Balaban J connectivity index is 1.58. The fourth-order valence-electron chi connectivity index (χ4n) is 3.10. The maximum absolute atomic E-state index is 13.2. The minimum absolute atomic E-state index is 0.156. The van der Waals surface area contributed by atoms with Crippen molar-refractivity contribution in [1.29, 1.82) is 0 Å². The molecule has 0 saturated carbocycles. The number of likely N-dealkylation sites (tertiary alicyclic amines) is 1. The summed E-state index contributed by atoms with van der Waals surface area (Å²) < 4.78 is 0. The number of nitrogens with zero attached hydrogens (tertiary/aromatic N) is 3. The summed E-state index contributed by atoms with van der Waals surface area (Å²) in [6, 6.07) is 13.9. The van der Waals surface area contributed by atoms with Crippen molar-refractivity contribution in [1.82, 2.24) is 20.1 Å². The van der Waals surface area contributed by atoms with Gasteiger partial charge in [-0.15, -0.1) is 16.4 Å². The Labute approximate surface area is 160 Å². The number of carbonyl (C=O) groups excluding carboxylic acids is 1. The van der Waals surface area contributed by atoms with E-state index in [0.717, 1.165) is 42.2 Å². The van der Waals surface area contributed by atoms with Gasteiger partial charge < -0.3 is 4.90 Å². The number of aromatic amines is 1. The fourth-order valence-corrected chi connectivity index (χ4v) is 4.76. The van der Waals surface area contributed by atoms with Crippen molar-refractivity contribution in [2.45, 2.75) is 29.7 Å². The largest absolute Gasteiger partial charge is 0.341 e. The molecule has 0 bridgehead atoms. The van der Waals surface area contributed by atoms with Crippen LogP contribution in [0.25, 0.3) is 10.7 Å². The molecule has 1 aliphatic rings. The lowest BCUT2D eigenvalue weighted by Gasteiger charge is -2.30. The molecule has 1 unspecified atom stereocenters. The zero-order chi connectivity index (χ0) is 17.8. The van der Waals surface area contributed by atoms with Gasteiger partial charge in [0.15, 0.2) is 5.82 Å². The molecule has 1 aromatic carbocycles. The van der Waals surface area contributed by atoms with Crippen LogP contribution in [0.2, 0.25) is 0 Å². The molecule has 1 N–H and O–H groups in total. The summed E-state index contributed by atoms with van der Waals surface area (Å²) in [5, 5.41) is 9.61. The van der Waals surface area contributed by atoms with Crippen LogP contribution in [0.15, 0.2) is 53.0 Å². The second kappa shape index (κ2) is 8.05. The highest BCUT2D eigenvalue weighted by molar-refractivity contribution is 8.00. The van der Waals surface area contributed by atoms with Gasteiger partial charge in [0.05, 0.1) is 4.88 Å². The number of aromatic nitrogens is 3. The Morgan fingerprint density at radius 2 is 1.92 bits per heavy atom. The molecule has 1 aliphatic heterocycles. The van der Waals surface area contributed by atoms with E-state index in [2.05, 4.69) is 15.2 Å². The van der Waals surface area contributed by atoms with E-state index < -0.39 is 0 Å². The standard InChI is InChI=1S/C19H20N4OS2/c24-18(23-11-5-2-6-12-23)16(14-8-3-1-4-9-14)26-19-20-17(21-22-19)15-10-7-13-25-15/h1,3-4,7-10,13,16H,2,5-6,11-12H2,(H,20,21,22). The van der Waals surface area contributed by atoms with Gasteiger partial charge in [0.25, 0.3) is 0 Å². The molecule has 4 rings (SSSR count). The third-order valence-corrected chi connectivity index (χ3v) is 6.42. The van der Waals surface area contributed by atoms with Crippen molar-refractivity contribution < 1.29 is 4.79 Å². The second-order valence-corrected chi connectivity index (χ2v) is 8.26. The van der Waals surface area contributed by atoms with Crippen LogP contribution >= 0.6 is 23.1 Å². The number of H-pyrrole nitrogens is 1. The quantitative estimate of drug-likeness (QED) is 0.663. The Morgan fingerprint density at radius 3 is 2.65 bits per heavy atom. The molecule has 1 atom stereocenters. The Bertz CT molecular complexity index is 842. The highest BCUT2D eigenvalue weighted by atomic mass is 32.2. The third kappa shape index (κ3) is 3.83. The van der Waals surface area contributed by atoms with Gasteiger partial charge in [0.2, 0.25) is 11.1 Å². The average molecular weight is 385 g/mol. The number of hydrogen-bond acceptors (Lipinski definition) is 5. The Hall–Kier alpha value is -2.12. The molecule has 7 heteroatoms. The smallest absolute Gasteiger partial charge is 0.240 e. The minimum Gasteiger partial charge on any atom is -0.341 e. The summed E-state index contributed by atoms with van der Waals surface area (Å²) in [6.07, 6.45) is 3.38. The average Bonchev–Trinajstić information content (AvgIpc) is 3.39. The van der Waals surface area contributed by atoms with Crippen LogP contribution in [-0.2, 0) is 4.79 Å². The van der Waals surface area contributed by atoms with Crippen LogP contribution in [0.5, 0.6) is 0 Å². The Kier molecular flexibility index (Phi) is 5.36. The lowest BCUT2D eigenvalue weighted by molar-refractivity contribution is -0.131. The van der Waals surface area contributed by atoms with Crippen LogP contribution < -0.4 is 0 Å². The molecule has 1 saturated heterocycles. The maximum atomic E-state index is 13.2. The SMILES string of the molecule is O=C(C(Sc1n[nH]c(-c2cccs2)n1)c1ccccc1)N1CCCCC1. The number of benzene rings is 1. The number of thioether (sulfide) groups is 1. The third-order valence-electron chi connectivity index (χ3n) is 4.44. The summed E-state index contributed by atoms with van der Waals surface area (Å²) in [4.78, 5) is 20.8. The maximum Gasteiger partial charge on any atom is 0.240 e. The molecule has 1 fully saturated rings. The van der Waals surface area contributed by atoms with Crippen molar-refractivity contribution in [3.8, 4) is 10.7 Å². The minimum atomic E-state index is -0.318. The summed E-state index contributed by atoms with van der Waals surface area (Å²) in [6.45, 7) is 1.69.